The van der Waals surface area contributed by atoms with Crippen LogP contribution in [0.15, 0.2) is 54.9 Å². The molecule has 1 aromatic carbocycles. The Bertz CT molecular complexity index is 1140. The second-order valence-electron chi connectivity index (χ2n) is 8.71. The van der Waals surface area contributed by atoms with E-state index in [1.807, 2.05) is 63.2 Å². The smallest absolute Gasteiger partial charge is 0.257 e. The average Bonchev–Trinajstić information content (AvgIpc) is 3.34. The molecule has 0 atom stereocenters. The van der Waals surface area contributed by atoms with Gasteiger partial charge >= 0.3 is 0 Å². The first-order chi connectivity index (χ1) is 17.0. The molecule has 0 unspecified atom stereocenters. The van der Waals surface area contributed by atoms with Crippen LogP contribution in [-0.2, 0) is 9.53 Å². The van der Waals surface area contributed by atoms with Crippen LogP contribution < -0.4 is 10.2 Å². The van der Waals surface area contributed by atoms with Gasteiger partial charge in [0.05, 0.1) is 30.7 Å². The highest BCUT2D eigenvalue weighted by atomic mass is 16.5. The normalized spacial score (nSPS) is 13.7. The number of carbonyl (C=O) groups excluding carboxylic acids is 2. The molecule has 1 saturated heterocycles. The van der Waals surface area contributed by atoms with Crippen molar-refractivity contribution in [3.05, 3.63) is 66.1 Å². The lowest BCUT2D eigenvalue weighted by Gasteiger charge is -2.29. The summed E-state index contributed by atoms with van der Waals surface area (Å²) in [6.07, 6.45) is 3.26. The van der Waals surface area contributed by atoms with E-state index in [1.54, 1.807) is 17.1 Å². The van der Waals surface area contributed by atoms with Crippen molar-refractivity contribution in [1.82, 2.24) is 19.7 Å². The van der Waals surface area contributed by atoms with Crippen molar-refractivity contribution in [2.45, 2.75) is 26.7 Å². The van der Waals surface area contributed by atoms with E-state index in [4.69, 9.17) is 4.74 Å². The summed E-state index contributed by atoms with van der Waals surface area (Å²) < 4.78 is 7.10. The summed E-state index contributed by atoms with van der Waals surface area (Å²) in [4.78, 5) is 34.3. The van der Waals surface area contributed by atoms with Crippen molar-refractivity contribution in [1.29, 1.82) is 0 Å². The fourth-order valence-electron chi connectivity index (χ4n) is 4.19. The maximum Gasteiger partial charge on any atom is 0.257 e. The molecule has 3 aromatic rings. The number of nitrogens with zero attached hydrogens (tertiary/aromatic N) is 5. The zero-order valence-corrected chi connectivity index (χ0v) is 20.5. The van der Waals surface area contributed by atoms with Crippen molar-refractivity contribution in [2.75, 3.05) is 49.6 Å². The van der Waals surface area contributed by atoms with Crippen LogP contribution >= 0.6 is 0 Å². The van der Waals surface area contributed by atoms with E-state index >= 15 is 0 Å². The number of ether oxygens (including phenoxy) is 1. The predicted molar refractivity (Wildman–Crippen MR) is 135 cm³/mol. The summed E-state index contributed by atoms with van der Waals surface area (Å²) >= 11 is 0. The average molecular weight is 477 g/mol. The molecular formula is C26H32N6O3. The first kappa shape index (κ1) is 24.4. The van der Waals surface area contributed by atoms with Crippen LogP contribution in [0.2, 0.25) is 0 Å². The predicted octanol–water partition coefficient (Wildman–Crippen LogP) is 3.33. The van der Waals surface area contributed by atoms with Crippen molar-refractivity contribution < 1.29 is 14.3 Å². The summed E-state index contributed by atoms with van der Waals surface area (Å²) in [5, 5.41) is 7.34. The third-order valence-electron chi connectivity index (χ3n) is 5.98. The molecule has 2 amide bonds. The Kier molecular flexibility index (Phi) is 7.77. The van der Waals surface area contributed by atoms with Crippen molar-refractivity contribution in [3.8, 4) is 5.82 Å². The van der Waals surface area contributed by atoms with E-state index in [0.717, 1.165) is 37.7 Å². The number of likely N-dealkylation sites (N-methyl/N-ethyl adjacent to an activating group) is 1. The second-order valence-corrected chi connectivity index (χ2v) is 8.71. The lowest BCUT2D eigenvalue weighted by atomic mass is 10.0. The molecule has 0 aliphatic carbocycles. The Hall–Kier alpha value is -3.72. The van der Waals surface area contributed by atoms with Gasteiger partial charge in [0.25, 0.3) is 5.91 Å². The molecule has 9 heteroatoms. The number of benzene rings is 1. The van der Waals surface area contributed by atoms with Gasteiger partial charge in [-0.25, -0.2) is 9.67 Å². The monoisotopic (exact) mass is 476 g/mol. The number of morpholine rings is 1. The molecule has 4 rings (SSSR count). The minimum Gasteiger partial charge on any atom is -0.378 e. The Morgan fingerprint density at radius 2 is 1.86 bits per heavy atom. The third-order valence-corrected chi connectivity index (χ3v) is 5.98. The van der Waals surface area contributed by atoms with Gasteiger partial charge in [0, 0.05) is 37.2 Å². The molecule has 0 radical (unpaired) electrons. The molecule has 9 nitrogen and oxygen atoms in total. The highest BCUT2D eigenvalue weighted by Crippen LogP contribution is 2.24. The molecule has 0 spiro atoms. The van der Waals surface area contributed by atoms with E-state index in [2.05, 4.69) is 20.3 Å². The van der Waals surface area contributed by atoms with Gasteiger partial charge in [-0.3, -0.25) is 9.59 Å². The van der Waals surface area contributed by atoms with Gasteiger partial charge in [-0.15, -0.1) is 0 Å². The van der Waals surface area contributed by atoms with Crippen LogP contribution in [0.1, 0.15) is 42.7 Å². The number of rotatable bonds is 8. The zero-order valence-electron chi connectivity index (χ0n) is 20.5. The summed E-state index contributed by atoms with van der Waals surface area (Å²) in [6.45, 7) is 9.38. The number of hydrogen-bond acceptors (Lipinski definition) is 6. The standard InChI is InChI=1S/C26H32N6O3/c1-4-30(18-24(33)29-20-8-10-21(11-9-20)31-13-15-35-16-14-31)26(34)22-17-28-32(25(22)19(2)3)23-7-5-6-12-27-23/h5-12,17,19H,4,13-16,18H2,1-3H3,(H,29,33). The first-order valence-electron chi connectivity index (χ1n) is 12.0. The zero-order chi connectivity index (χ0) is 24.8. The molecule has 0 saturated carbocycles. The van der Waals surface area contributed by atoms with E-state index < -0.39 is 0 Å². The quantitative estimate of drug-likeness (QED) is 0.536. The fourth-order valence-corrected chi connectivity index (χ4v) is 4.19. The molecule has 3 heterocycles. The minimum absolute atomic E-state index is 0.0379. The highest BCUT2D eigenvalue weighted by molar-refractivity contribution is 6.00. The first-order valence-corrected chi connectivity index (χ1v) is 12.0. The van der Waals surface area contributed by atoms with Crippen molar-refractivity contribution >= 4 is 23.2 Å². The molecule has 1 aliphatic rings. The Labute approximate surface area is 205 Å². The van der Waals surface area contributed by atoms with Crippen molar-refractivity contribution in [3.63, 3.8) is 0 Å². The Morgan fingerprint density at radius 3 is 2.49 bits per heavy atom. The number of carbonyl (C=O) groups is 2. The van der Waals surface area contributed by atoms with Gasteiger partial charge in [-0.05, 0) is 49.2 Å². The van der Waals surface area contributed by atoms with Gasteiger partial charge < -0.3 is 19.9 Å². The molecule has 0 bridgehead atoms. The van der Waals surface area contributed by atoms with Gasteiger partial charge in [-0.2, -0.15) is 5.10 Å². The number of nitrogens with one attached hydrogen (secondary N) is 1. The Morgan fingerprint density at radius 1 is 1.11 bits per heavy atom. The molecule has 1 N–H and O–H groups in total. The van der Waals surface area contributed by atoms with E-state index in [9.17, 15) is 9.59 Å². The number of aromatic nitrogens is 3. The highest BCUT2D eigenvalue weighted by Gasteiger charge is 2.26. The maximum absolute atomic E-state index is 13.4. The molecule has 1 aliphatic heterocycles. The van der Waals surface area contributed by atoms with Crippen LogP contribution in [-0.4, -0.2) is 70.9 Å². The topological polar surface area (TPSA) is 92.6 Å². The molecule has 184 valence electrons. The molecule has 1 fully saturated rings. The van der Waals surface area contributed by atoms with Crippen LogP contribution in [0.3, 0.4) is 0 Å². The minimum atomic E-state index is -0.248. The number of anilines is 2. The van der Waals surface area contributed by atoms with E-state index in [-0.39, 0.29) is 24.3 Å². The SMILES string of the molecule is CCN(CC(=O)Nc1ccc(N2CCOCC2)cc1)C(=O)c1cnn(-c2ccccn2)c1C(C)C. The number of amides is 2. The number of pyridine rings is 1. The summed E-state index contributed by atoms with van der Waals surface area (Å²) in [6, 6.07) is 13.3. The van der Waals surface area contributed by atoms with E-state index in [1.165, 1.54) is 4.90 Å². The molecule has 2 aromatic heterocycles. The van der Waals surface area contributed by atoms with Crippen LogP contribution in [0.5, 0.6) is 0 Å². The molecule has 35 heavy (non-hydrogen) atoms. The van der Waals surface area contributed by atoms with Crippen molar-refractivity contribution in [2.24, 2.45) is 0 Å². The summed E-state index contributed by atoms with van der Waals surface area (Å²) in [5.74, 6) is 0.214. The second kappa shape index (κ2) is 11.1. The van der Waals surface area contributed by atoms with Crippen LogP contribution in [0, 0.1) is 0 Å². The largest absolute Gasteiger partial charge is 0.378 e. The number of hydrogen-bond donors (Lipinski definition) is 1. The lowest BCUT2D eigenvalue weighted by molar-refractivity contribution is -0.116. The molecular weight excluding hydrogens is 444 g/mol. The third kappa shape index (κ3) is 5.68. The van der Waals surface area contributed by atoms with E-state index in [0.29, 0.717) is 23.6 Å². The van der Waals surface area contributed by atoms with Gasteiger partial charge in [-0.1, -0.05) is 19.9 Å². The van der Waals surface area contributed by atoms with Crippen LogP contribution in [0.25, 0.3) is 5.82 Å². The van der Waals surface area contributed by atoms with Gasteiger partial charge in [0.15, 0.2) is 5.82 Å². The summed E-state index contributed by atoms with van der Waals surface area (Å²) in [7, 11) is 0. The summed E-state index contributed by atoms with van der Waals surface area (Å²) in [5.41, 5.74) is 3.05. The lowest BCUT2D eigenvalue weighted by Crippen LogP contribution is -2.38. The van der Waals surface area contributed by atoms with Gasteiger partial charge in [0.1, 0.15) is 6.54 Å². The Balaban J connectivity index is 1.44. The maximum atomic E-state index is 13.4. The van der Waals surface area contributed by atoms with Crippen LogP contribution in [0.4, 0.5) is 11.4 Å². The van der Waals surface area contributed by atoms with Gasteiger partial charge in [0.2, 0.25) is 5.91 Å². The fraction of sp³-hybridized carbons (Fsp3) is 0.385.